The van der Waals surface area contributed by atoms with E-state index in [4.69, 9.17) is 0 Å². The maximum atomic E-state index is 3.52. The fourth-order valence-electron chi connectivity index (χ4n) is 1.92. The van der Waals surface area contributed by atoms with Crippen LogP contribution in [-0.4, -0.2) is 37.6 Å². The highest BCUT2D eigenvalue weighted by molar-refractivity contribution is 4.82. The van der Waals surface area contributed by atoms with Gasteiger partial charge in [-0.15, -0.1) is 0 Å². The van der Waals surface area contributed by atoms with Gasteiger partial charge in [0.05, 0.1) is 0 Å². The lowest BCUT2D eigenvalue weighted by Crippen LogP contribution is -2.46. The van der Waals surface area contributed by atoms with Crippen molar-refractivity contribution in [3.63, 3.8) is 0 Å². The van der Waals surface area contributed by atoms with Gasteiger partial charge in [0.2, 0.25) is 0 Å². The summed E-state index contributed by atoms with van der Waals surface area (Å²) in [7, 11) is 2.23. The Labute approximate surface area is 96.4 Å². The van der Waals surface area contributed by atoms with Crippen LogP contribution in [0.5, 0.6) is 0 Å². The summed E-state index contributed by atoms with van der Waals surface area (Å²) in [6.07, 6.45) is 2.59. The first-order chi connectivity index (χ1) is 6.94. The predicted octanol–water partition coefficient (Wildman–Crippen LogP) is 2.74. The van der Waals surface area contributed by atoms with Gasteiger partial charge in [-0.2, -0.15) is 0 Å². The molecular weight excluding hydrogens is 184 g/mol. The Hall–Kier alpha value is -0.0800. The summed E-state index contributed by atoms with van der Waals surface area (Å²) in [4.78, 5) is 2.46. The predicted molar refractivity (Wildman–Crippen MR) is 69.3 cm³/mol. The van der Waals surface area contributed by atoms with Gasteiger partial charge < -0.3 is 10.2 Å². The summed E-state index contributed by atoms with van der Waals surface area (Å²) in [6.45, 7) is 14.9. The van der Waals surface area contributed by atoms with Gasteiger partial charge in [0.25, 0.3) is 0 Å². The third kappa shape index (κ3) is 6.16. The van der Waals surface area contributed by atoms with Crippen LogP contribution < -0.4 is 5.32 Å². The minimum Gasteiger partial charge on any atom is -0.314 e. The molecular formula is C13H30N2. The molecule has 0 saturated heterocycles. The third-order valence-corrected chi connectivity index (χ3v) is 3.25. The van der Waals surface area contributed by atoms with E-state index in [0.717, 1.165) is 6.54 Å². The molecule has 0 aromatic heterocycles. The smallest absolute Gasteiger partial charge is 0.0102 e. The lowest BCUT2D eigenvalue weighted by Gasteiger charge is -2.36. The van der Waals surface area contributed by atoms with Crippen molar-refractivity contribution in [1.29, 1.82) is 0 Å². The minimum atomic E-state index is 0.346. The van der Waals surface area contributed by atoms with Crippen LogP contribution in [0.25, 0.3) is 0 Å². The fourth-order valence-corrected chi connectivity index (χ4v) is 1.92. The first-order valence-electron chi connectivity index (χ1n) is 6.36. The zero-order valence-electron chi connectivity index (χ0n) is 11.6. The van der Waals surface area contributed by atoms with Gasteiger partial charge in [0.15, 0.2) is 0 Å². The lowest BCUT2D eigenvalue weighted by atomic mass is 9.85. The second-order valence-corrected chi connectivity index (χ2v) is 5.36. The molecule has 0 radical (unpaired) electrons. The topological polar surface area (TPSA) is 15.3 Å². The van der Waals surface area contributed by atoms with Crippen LogP contribution >= 0.6 is 0 Å². The van der Waals surface area contributed by atoms with Gasteiger partial charge in [-0.1, -0.05) is 34.1 Å². The van der Waals surface area contributed by atoms with Crippen LogP contribution in [0.1, 0.15) is 47.5 Å². The molecule has 0 aromatic carbocycles. The minimum absolute atomic E-state index is 0.346. The molecule has 92 valence electrons. The van der Waals surface area contributed by atoms with Crippen LogP contribution in [-0.2, 0) is 0 Å². The highest BCUT2D eigenvalue weighted by Crippen LogP contribution is 2.21. The Kier molecular flexibility index (Phi) is 7.20. The Bertz CT molecular complexity index is 155. The van der Waals surface area contributed by atoms with E-state index in [9.17, 15) is 0 Å². The van der Waals surface area contributed by atoms with E-state index in [1.807, 2.05) is 0 Å². The first-order valence-corrected chi connectivity index (χ1v) is 6.36. The van der Waals surface area contributed by atoms with Crippen LogP contribution in [0.4, 0.5) is 0 Å². The van der Waals surface area contributed by atoms with Crippen LogP contribution in [0.15, 0.2) is 0 Å². The van der Waals surface area contributed by atoms with Crippen molar-refractivity contribution in [2.45, 2.75) is 53.5 Å². The molecule has 0 aromatic rings. The van der Waals surface area contributed by atoms with E-state index in [2.05, 4.69) is 51.9 Å². The van der Waals surface area contributed by atoms with E-state index in [1.54, 1.807) is 0 Å². The zero-order valence-corrected chi connectivity index (χ0v) is 11.6. The normalized spacial score (nSPS) is 14.6. The van der Waals surface area contributed by atoms with Crippen LogP contribution in [0, 0.1) is 5.41 Å². The van der Waals surface area contributed by atoms with Crippen LogP contribution in [0.3, 0.4) is 0 Å². The molecule has 15 heavy (non-hydrogen) atoms. The van der Waals surface area contributed by atoms with Gasteiger partial charge in [-0.05, 0) is 38.9 Å². The van der Waals surface area contributed by atoms with Crippen molar-refractivity contribution in [1.82, 2.24) is 10.2 Å². The molecule has 2 heteroatoms. The summed E-state index contributed by atoms with van der Waals surface area (Å²) < 4.78 is 0. The molecule has 0 fully saturated rings. The maximum absolute atomic E-state index is 3.52. The molecule has 1 unspecified atom stereocenters. The van der Waals surface area contributed by atoms with Crippen molar-refractivity contribution in [2.75, 3.05) is 26.7 Å². The first kappa shape index (κ1) is 14.9. The molecule has 1 N–H and O–H groups in total. The number of unbranched alkanes of at least 4 members (excludes halogenated alkanes) is 1. The zero-order chi connectivity index (χ0) is 11.9. The quantitative estimate of drug-likeness (QED) is 0.668. The third-order valence-electron chi connectivity index (χ3n) is 3.25. The number of hydrogen-bond acceptors (Lipinski definition) is 2. The molecule has 0 bridgehead atoms. The van der Waals surface area contributed by atoms with Gasteiger partial charge in [0.1, 0.15) is 0 Å². The van der Waals surface area contributed by atoms with Gasteiger partial charge in [-0.3, -0.25) is 0 Å². The number of rotatable bonds is 8. The molecule has 0 aliphatic heterocycles. The molecule has 0 saturated carbocycles. The SMILES string of the molecule is CCCCN(C)CC(C)(C)C(C)NCC. The van der Waals surface area contributed by atoms with E-state index in [0.29, 0.717) is 11.5 Å². The molecule has 1 atom stereocenters. The van der Waals surface area contributed by atoms with Crippen molar-refractivity contribution >= 4 is 0 Å². The molecule has 0 spiro atoms. The second-order valence-electron chi connectivity index (χ2n) is 5.36. The van der Waals surface area contributed by atoms with Gasteiger partial charge >= 0.3 is 0 Å². The molecule has 2 nitrogen and oxygen atoms in total. The average Bonchev–Trinajstić information content (AvgIpc) is 2.14. The van der Waals surface area contributed by atoms with Gasteiger partial charge in [0, 0.05) is 12.6 Å². The van der Waals surface area contributed by atoms with Crippen molar-refractivity contribution in [3.05, 3.63) is 0 Å². The summed E-state index contributed by atoms with van der Waals surface area (Å²) in [5, 5.41) is 3.52. The van der Waals surface area contributed by atoms with Crippen molar-refractivity contribution in [3.8, 4) is 0 Å². The summed E-state index contributed by atoms with van der Waals surface area (Å²) in [6, 6.07) is 0.576. The maximum Gasteiger partial charge on any atom is 0.0102 e. The average molecular weight is 214 g/mol. The van der Waals surface area contributed by atoms with E-state index < -0.39 is 0 Å². The standard InChI is InChI=1S/C13H30N2/c1-7-9-10-15(6)11-13(4,5)12(3)14-8-2/h12,14H,7-11H2,1-6H3. The molecule has 0 amide bonds. The molecule has 0 aliphatic rings. The van der Waals surface area contributed by atoms with Crippen molar-refractivity contribution in [2.24, 2.45) is 5.41 Å². The largest absolute Gasteiger partial charge is 0.314 e. The summed E-state index contributed by atoms with van der Waals surface area (Å²) in [5.74, 6) is 0. The van der Waals surface area contributed by atoms with Gasteiger partial charge in [-0.25, -0.2) is 0 Å². The molecule has 0 rings (SSSR count). The Balaban J connectivity index is 3.99. The summed E-state index contributed by atoms with van der Waals surface area (Å²) >= 11 is 0. The number of nitrogens with zero attached hydrogens (tertiary/aromatic N) is 1. The number of hydrogen-bond donors (Lipinski definition) is 1. The van der Waals surface area contributed by atoms with Crippen LogP contribution in [0.2, 0.25) is 0 Å². The monoisotopic (exact) mass is 214 g/mol. The van der Waals surface area contributed by atoms with E-state index in [1.165, 1.54) is 25.9 Å². The molecule has 0 heterocycles. The fraction of sp³-hybridized carbons (Fsp3) is 1.00. The number of nitrogens with one attached hydrogen (secondary N) is 1. The highest BCUT2D eigenvalue weighted by Gasteiger charge is 2.26. The van der Waals surface area contributed by atoms with E-state index in [-0.39, 0.29) is 0 Å². The Morgan fingerprint density at radius 1 is 1.27 bits per heavy atom. The highest BCUT2D eigenvalue weighted by atomic mass is 15.1. The summed E-state index contributed by atoms with van der Waals surface area (Å²) in [5.41, 5.74) is 0.346. The van der Waals surface area contributed by atoms with Crippen molar-refractivity contribution < 1.29 is 0 Å². The Morgan fingerprint density at radius 2 is 1.87 bits per heavy atom. The Morgan fingerprint density at radius 3 is 2.33 bits per heavy atom. The molecule has 0 aliphatic carbocycles. The second kappa shape index (κ2) is 7.24. The van der Waals surface area contributed by atoms with E-state index >= 15 is 0 Å². The lowest BCUT2D eigenvalue weighted by molar-refractivity contribution is 0.164.